The van der Waals surface area contributed by atoms with Gasteiger partial charge in [-0.3, -0.25) is 14.6 Å². The fourth-order valence-electron chi connectivity index (χ4n) is 2.99. The fourth-order valence-corrected chi connectivity index (χ4v) is 2.99. The van der Waals surface area contributed by atoms with E-state index in [-0.39, 0.29) is 17.4 Å². The number of methoxy groups -OCH3 is 2. The number of hydrogen-bond donors (Lipinski definition) is 2. The molecule has 0 unspecified atom stereocenters. The quantitative estimate of drug-likeness (QED) is 0.661. The van der Waals surface area contributed by atoms with Crippen LogP contribution in [0.5, 0.6) is 11.5 Å². The Balaban J connectivity index is 1.98. The molecule has 152 valence electrons. The van der Waals surface area contributed by atoms with E-state index in [4.69, 9.17) is 9.47 Å². The van der Waals surface area contributed by atoms with Crippen molar-refractivity contribution in [2.75, 3.05) is 19.5 Å². The normalized spacial score (nSPS) is 10.7. The van der Waals surface area contributed by atoms with Gasteiger partial charge in [-0.15, -0.1) is 0 Å². The molecule has 1 aromatic carbocycles. The Morgan fingerprint density at radius 2 is 1.79 bits per heavy atom. The molecule has 0 spiro atoms. The number of aromatic amines is 1. The number of anilines is 1. The molecule has 0 fully saturated rings. The van der Waals surface area contributed by atoms with Crippen LogP contribution in [-0.4, -0.2) is 39.9 Å². The zero-order valence-corrected chi connectivity index (χ0v) is 17.0. The van der Waals surface area contributed by atoms with E-state index < -0.39 is 0 Å². The number of H-pyrrole nitrogens is 1. The number of hydrogen-bond acceptors (Lipinski definition) is 6. The van der Waals surface area contributed by atoms with Crippen molar-refractivity contribution in [1.82, 2.24) is 19.7 Å². The van der Waals surface area contributed by atoms with Crippen LogP contribution in [0.1, 0.15) is 34.2 Å². The van der Waals surface area contributed by atoms with E-state index in [0.29, 0.717) is 46.3 Å². The lowest BCUT2D eigenvalue weighted by Gasteiger charge is -2.11. The van der Waals surface area contributed by atoms with Crippen LogP contribution < -0.4 is 20.3 Å². The third-order valence-electron chi connectivity index (χ3n) is 4.45. The van der Waals surface area contributed by atoms with Gasteiger partial charge in [-0.05, 0) is 32.4 Å². The number of nitrogens with one attached hydrogen (secondary N) is 2. The van der Waals surface area contributed by atoms with Gasteiger partial charge < -0.3 is 14.8 Å². The number of benzene rings is 1. The van der Waals surface area contributed by atoms with Crippen LogP contribution in [0.4, 0.5) is 5.82 Å². The molecule has 0 bridgehead atoms. The minimum absolute atomic E-state index is 0.224. The molecule has 3 rings (SSSR count). The standard InChI is InChI=1S/C20H23N5O4/c1-6-16-12(3)21-20(23-19(16)27)25-17(7-11(2)24-25)22-18(26)13-8-14(28-4)10-15(9-13)29-5/h7-10H,6H2,1-5H3,(H,22,26)(H,21,23,27). The van der Waals surface area contributed by atoms with Gasteiger partial charge in [0.1, 0.15) is 17.3 Å². The molecule has 3 aromatic rings. The second-order valence-corrected chi connectivity index (χ2v) is 6.45. The summed E-state index contributed by atoms with van der Waals surface area (Å²) in [5.41, 5.74) is 2.02. The summed E-state index contributed by atoms with van der Waals surface area (Å²) in [4.78, 5) is 32.3. The van der Waals surface area contributed by atoms with E-state index in [0.717, 1.165) is 0 Å². The van der Waals surface area contributed by atoms with Crippen molar-refractivity contribution in [1.29, 1.82) is 0 Å². The summed E-state index contributed by atoms with van der Waals surface area (Å²) >= 11 is 0. The van der Waals surface area contributed by atoms with Crippen LogP contribution in [0.3, 0.4) is 0 Å². The number of carbonyl (C=O) groups is 1. The molecule has 0 radical (unpaired) electrons. The Morgan fingerprint density at radius 3 is 2.34 bits per heavy atom. The molecule has 29 heavy (non-hydrogen) atoms. The predicted octanol–water partition coefficient (Wildman–Crippen LogP) is 2.40. The van der Waals surface area contributed by atoms with E-state index in [2.05, 4.69) is 20.4 Å². The van der Waals surface area contributed by atoms with Gasteiger partial charge in [0.05, 0.1) is 19.9 Å². The van der Waals surface area contributed by atoms with Crippen molar-refractivity contribution in [3.8, 4) is 17.4 Å². The lowest BCUT2D eigenvalue weighted by atomic mass is 10.2. The summed E-state index contributed by atoms with van der Waals surface area (Å²) in [6.07, 6.45) is 0.577. The number of ether oxygens (including phenoxy) is 2. The van der Waals surface area contributed by atoms with Crippen molar-refractivity contribution < 1.29 is 14.3 Å². The number of amides is 1. The number of aromatic nitrogens is 4. The van der Waals surface area contributed by atoms with Gasteiger partial charge in [0, 0.05) is 29.0 Å². The first kappa shape index (κ1) is 20.1. The van der Waals surface area contributed by atoms with Gasteiger partial charge in [-0.1, -0.05) is 6.92 Å². The van der Waals surface area contributed by atoms with Crippen LogP contribution in [0, 0.1) is 13.8 Å². The molecule has 0 saturated heterocycles. The van der Waals surface area contributed by atoms with Crippen LogP contribution in [-0.2, 0) is 6.42 Å². The highest BCUT2D eigenvalue weighted by Gasteiger charge is 2.17. The second kappa shape index (κ2) is 8.17. The summed E-state index contributed by atoms with van der Waals surface area (Å²) in [6, 6.07) is 6.58. The molecule has 0 saturated carbocycles. The summed E-state index contributed by atoms with van der Waals surface area (Å²) in [7, 11) is 3.03. The molecule has 2 N–H and O–H groups in total. The number of rotatable bonds is 6. The van der Waals surface area contributed by atoms with Crippen molar-refractivity contribution in [2.24, 2.45) is 0 Å². The number of nitrogens with zero attached hydrogens (tertiary/aromatic N) is 3. The van der Waals surface area contributed by atoms with Gasteiger partial charge >= 0.3 is 0 Å². The molecular weight excluding hydrogens is 374 g/mol. The highest BCUT2D eigenvalue weighted by atomic mass is 16.5. The van der Waals surface area contributed by atoms with E-state index in [9.17, 15) is 9.59 Å². The molecule has 0 aliphatic carbocycles. The molecule has 2 heterocycles. The minimum Gasteiger partial charge on any atom is -0.497 e. The summed E-state index contributed by atoms with van der Waals surface area (Å²) in [5, 5.41) is 7.16. The first-order chi connectivity index (χ1) is 13.9. The molecule has 9 nitrogen and oxygen atoms in total. The Labute approximate surface area is 167 Å². The third kappa shape index (κ3) is 4.13. The zero-order valence-electron chi connectivity index (χ0n) is 17.0. The molecule has 2 aromatic heterocycles. The predicted molar refractivity (Wildman–Crippen MR) is 108 cm³/mol. The van der Waals surface area contributed by atoms with Gasteiger partial charge in [-0.25, -0.2) is 4.98 Å². The van der Waals surface area contributed by atoms with Crippen molar-refractivity contribution >= 4 is 11.7 Å². The maximum absolute atomic E-state index is 12.8. The van der Waals surface area contributed by atoms with Gasteiger partial charge in [0.2, 0.25) is 5.95 Å². The summed E-state index contributed by atoms with van der Waals surface area (Å²) < 4.78 is 11.8. The molecule has 0 atom stereocenters. The first-order valence-corrected chi connectivity index (χ1v) is 9.07. The summed E-state index contributed by atoms with van der Waals surface area (Å²) in [5.74, 6) is 1.22. The fraction of sp³-hybridized carbons (Fsp3) is 0.300. The van der Waals surface area contributed by atoms with E-state index in [1.54, 1.807) is 38.1 Å². The van der Waals surface area contributed by atoms with Gasteiger partial charge in [0.25, 0.3) is 11.5 Å². The maximum Gasteiger partial charge on any atom is 0.257 e. The smallest absolute Gasteiger partial charge is 0.257 e. The summed E-state index contributed by atoms with van der Waals surface area (Å²) in [6.45, 7) is 5.45. The van der Waals surface area contributed by atoms with Gasteiger partial charge in [-0.2, -0.15) is 9.78 Å². The van der Waals surface area contributed by atoms with E-state index >= 15 is 0 Å². The molecule has 0 aliphatic heterocycles. The van der Waals surface area contributed by atoms with Crippen LogP contribution >= 0.6 is 0 Å². The molecule has 9 heteroatoms. The average molecular weight is 397 g/mol. The van der Waals surface area contributed by atoms with Gasteiger partial charge in [0.15, 0.2) is 0 Å². The van der Waals surface area contributed by atoms with Crippen LogP contribution in [0.25, 0.3) is 5.95 Å². The minimum atomic E-state index is -0.382. The van der Waals surface area contributed by atoms with Crippen LogP contribution in [0.15, 0.2) is 29.1 Å². The highest BCUT2D eigenvalue weighted by molar-refractivity contribution is 6.04. The first-order valence-electron chi connectivity index (χ1n) is 9.07. The zero-order chi connectivity index (χ0) is 21.1. The third-order valence-corrected chi connectivity index (χ3v) is 4.45. The Morgan fingerprint density at radius 1 is 1.14 bits per heavy atom. The largest absolute Gasteiger partial charge is 0.497 e. The number of carbonyl (C=O) groups excluding carboxylic acids is 1. The lowest BCUT2D eigenvalue weighted by Crippen LogP contribution is -2.22. The van der Waals surface area contributed by atoms with E-state index in [1.165, 1.54) is 18.9 Å². The Hall–Kier alpha value is -3.62. The molecule has 0 aliphatic rings. The second-order valence-electron chi connectivity index (χ2n) is 6.45. The lowest BCUT2D eigenvalue weighted by molar-refractivity contribution is 0.102. The number of aryl methyl sites for hydroxylation is 2. The van der Waals surface area contributed by atoms with Crippen molar-refractivity contribution in [2.45, 2.75) is 27.2 Å². The maximum atomic E-state index is 12.8. The molecule has 1 amide bonds. The average Bonchev–Trinajstić information content (AvgIpc) is 3.07. The monoisotopic (exact) mass is 397 g/mol. The molecular formula is C20H23N5O4. The Kier molecular flexibility index (Phi) is 5.67. The van der Waals surface area contributed by atoms with Crippen LogP contribution in [0.2, 0.25) is 0 Å². The van der Waals surface area contributed by atoms with E-state index in [1.807, 2.05) is 6.92 Å². The Bertz CT molecular complexity index is 1090. The SMILES string of the molecule is CCc1c(C)nc(-n2nc(C)cc2NC(=O)c2cc(OC)cc(OC)c2)[nH]c1=O. The highest BCUT2D eigenvalue weighted by Crippen LogP contribution is 2.24. The van der Waals surface area contributed by atoms with Crippen molar-refractivity contribution in [3.63, 3.8) is 0 Å². The van der Waals surface area contributed by atoms with Crippen molar-refractivity contribution in [3.05, 3.63) is 57.1 Å². The topological polar surface area (TPSA) is 111 Å².